The zero-order valence-electron chi connectivity index (χ0n) is 26.4. The van der Waals surface area contributed by atoms with Gasteiger partial charge in [0.25, 0.3) is 0 Å². The highest BCUT2D eigenvalue weighted by Crippen LogP contribution is 2.38. The lowest BCUT2D eigenvalue weighted by molar-refractivity contribution is 0.658. The Hall–Kier alpha value is -5.01. The average Bonchev–Trinajstić information content (AvgIpc) is 3.09. The van der Waals surface area contributed by atoms with Crippen molar-refractivity contribution in [3.8, 4) is 11.1 Å². The number of hydrogen-bond acceptors (Lipinski definition) is 1. The Morgan fingerprint density at radius 3 is 2.31 bits per heavy atom. The second-order valence-corrected chi connectivity index (χ2v) is 11.4. The van der Waals surface area contributed by atoms with Gasteiger partial charge in [0.2, 0.25) is 0 Å². The first-order chi connectivity index (χ1) is 22.2. The van der Waals surface area contributed by atoms with Crippen molar-refractivity contribution in [1.82, 2.24) is 0 Å². The lowest BCUT2D eigenvalue weighted by Gasteiger charge is -2.23. The van der Waals surface area contributed by atoms with E-state index in [1.807, 2.05) is 48.7 Å². The highest BCUT2D eigenvalue weighted by molar-refractivity contribution is 6.03. The van der Waals surface area contributed by atoms with Gasteiger partial charge in [-0.05, 0) is 82.9 Å². The minimum Gasteiger partial charge on any atom is -0.261 e. The summed E-state index contributed by atoms with van der Waals surface area (Å²) in [6.07, 6.45) is 34.9. The molecule has 1 nitrogen and oxygen atoms in total. The van der Waals surface area contributed by atoms with Crippen LogP contribution in [0.4, 0.5) is 0 Å². The maximum atomic E-state index is 4.83. The third-order valence-electron chi connectivity index (χ3n) is 8.33. The highest BCUT2D eigenvalue weighted by atomic mass is 14.7. The van der Waals surface area contributed by atoms with Crippen molar-refractivity contribution in [2.24, 2.45) is 4.99 Å². The summed E-state index contributed by atoms with van der Waals surface area (Å²) in [5.41, 5.74) is 11.1. The molecule has 0 amide bonds. The van der Waals surface area contributed by atoms with Crippen LogP contribution in [0, 0.1) is 0 Å². The van der Waals surface area contributed by atoms with Gasteiger partial charge in [0.15, 0.2) is 0 Å². The van der Waals surface area contributed by atoms with E-state index in [1.165, 1.54) is 47.9 Å². The van der Waals surface area contributed by atoms with Crippen LogP contribution in [-0.2, 0) is 0 Å². The minimum atomic E-state index is 0.397. The van der Waals surface area contributed by atoms with Crippen LogP contribution >= 0.6 is 0 Å². The van der Waals surface area contributed by atoms with Gasteiger partial charge >= 0.3 is 0 Å². The molecule has 3 aromatic carbocycles. The standard InChI is InChI=1S/C44H43N/c1-3-20-37(28-19-29-42-33-40(38-23-14-9-15-24-38)27-11-6-4-5-7-18-32-45-42)41-30-31-43(35(2)36-21-12-8-13-22-36)44(34-41)39-25-16-10-17-26-39/h3-7,9-11,14-21,23-28,30-35H,1,8,12-13,22,29H2,2H3/b5-4?,6-4+,7-5-,11-6?,18-7?,27-11+,28-19-,32-18-,37-20+,40-27?,40-33?,42-33?,45-32?,45-42?. The third-order valence-corrected chi connectivity index (χ3v) is 8.33. The molecule has 0 saturated heterocycles. The van der Waals surface area contributed by atoms with Gasteiger partial charge in [0.1, 0.15) is 0 Å². The van der Waals surface area contributed by atoms with Gasteiger partial charge in [-0.1, -0.05) is 159 Å². The fraction of sp³-hybridized carbons (Fsp3) is 0.159. The Balaban J connectivity index is 1.47. The van der Waals surface area contributed by atoms with E-state index in [0.29, 0.717) is 12.3 Å². The SMILES string of the molecule is C=C/C=C(\C=C/CC1=N\C=C/C=C\C=C\C=C\C(c2ccccc2)=C1)c1ccc(C(C)C2=CCCCC2)c(-c2ccccc2)c1. The number of allylic oxidation sites excluding steroid dienone is 16. The van der Waals surface area contributed by atoms with E-state index in [2.05, 4.69) is 129 Å². The van der Waals surface area contributed by atoms with Crippen LogP contribution in [0.2, 0.25) is 0 Å². The van der Waals surface area contributed by atoms with E-state index in [1.54, 1.807) is 5.57 Å². The zero-order chi connectivity index (χ0) is 31.1. The molecule has 0 spiro atoms. The fourth-order valence-corrected chi connectivity index (χ4v) is 5.91. The molecule has 224 valence electrons. The number of aliphatic imine (C=N–C) groups is 1. The molecule has 2 aliphatic rings. The molecule has 1 heteroatoms. The Morgan fingerprint density at radius 1 is 0.844 bits per heavy atom. The first-order valence-corrected chi connectivity index (χ1v) is 16.1. The summed E-state index contributed by atoms with van der Waals surface area (Å²) in [5, 5.41) is 0. The predicted molar refractivity (Wildman–Crippen MR) is 197 cm³/mol. The number of nitrogens with zero attached hydrogens (tertiary/aromatic N) is 1. The maximum Gasteiger partial charge on any atom is 0.0447 e. The van der Waals surface area contributed by atoms with Crippen LogP contribution in [0.1, 0.15) is 61.6 Å². The van der Waals surface area contributed by atoms with Crippen molar-refractivity contribution in [1.29, 1.82) is 0 Å². The smallest absolute Gasteiger partial charge is 0.0447 e. The summed E-state index contributed by atoms with van der Waals surface area (Å²) < 4.78 is 0. The Kier molecular flexibility index (Phi) is 11.7. The molecule has 1 atom stereocenters. The summed E-state index contributed by atoms with van der Waals surface area (Å²) >= 11 is 0. The molecular weight excluding hydrogens is 542 g/mol. The van der Waals surface area contributed by atoms with Crippen LogP contribution in [0.5, 0.6) is 0 Å². The van der Waals surface area contributed by atoms with Crippen molar-refractivity contribution in [3.63, 3.8) is 0 Å². The lowest BCUT2D eigenvalue weighted by Crippen LogP contribution is -2.04. The van der Waals surface area contributed by atoms with E-state index >= 15 is 0 Å². The van der Waals surface area contributed by atoms with Crippen molar-refractivity contribution in [2.75, 3.05) is 0 Å². The van der Waals surface area contributed by atoms with Gasteiger partial charge in [0.05, 0.1) is 0 Å². The molecule has 1 heterocycles. The molecule has 0 saturated carbocycles. The molecular formula is C44H43N. The quantitative estimate of drug-likeness (QED) is 0.175. The molecule has 1 aliphatic heterocycles. The fourth-order valence-electron chi connectivity index (χ4n) is 5.91. The van der Waals surface area contributed by atoms with E-state index in [0.717, 1.165) is 22.4 Å². The van der Waals surface area contributed by atoms with Crippen LogP contribution in [0.25, 0.3) is 22.3 Å². The first kappa shape index (κ1) is 31.4. The van der Waals surface area contributed by atoms with Gasteiger partial charge in [-0.15, -0.1) is 0 Å². The first-order valence-electron chi connectivity index (χ1n) is 16.1. The largest absolute Gasteiger partial charge is 0.261 e. The van der Waals surface area contributed by atoms with Crippen LogP contribution in [0.15, 0.2) is 181 Å². The van der Waals surface area contributed by atoms with E-state index in [-0.39, 0.29) is 0 Å². The third kappa shape index (κ3) is 9.00. The number of rotatable bonds is 9. The number of hydrogen-bond donors (Lipinski definition) is 0. The molecule has 0 aromatic heterocycles. The van der Waals surface area contributed by atoms with Gasteiger partial charge in [-0.2, -0.15) is 0 Å². The summed E-state index contributed by atoms with van der Waals surface area (Å²) in [5.74, 6) is 0.397. The minimum absolute atomic E-state index is 0.397. The van der Waals surface area contributed by atoms with E-state index in [4.69, 9.17) is 4.99 Å². The van der Waals surface area contributed by atoms with Gasteiger partial charge in [-0.3, -0.25) is 4.99 Å². The molecule has 0 radical (unpaired) electrons. The summed E-state index contributed by atoms with van der Waals surface area (Å²) in [6.45, 7) is 6.40. The normalized spacial score (nSPS) is 19.2. The summed E-state index contributed by atoms with van der Waals surface area (Å²) in [6, 6.07) is 28.2. The van der Waals surface area contributed by atoms with Gasteiger partial charge < -0.3 is 0 Å². The maximum absolute atomic E-state index is 4.83. The second kappa shape index (κ2) is 16.7. The van der Waals surface area contributed by atoms with E-state index < -0.39 is 0 Å². The van der Waals surface area contributed by atoms with Gasteiger partial charge in [-0.25, -0.2) is 0 Å². The van der Waals surface area contributed by atoms with Crippen LogP contribution < -0.4 is 0 Å². The van der Waals surface area contributed by atoms with Crippen molar-refractivity contribution in [3.05, 3.63) is 193 Å². The molecule has 45 heavy (non-hydrogen) atoms. The van der Waals surface area contributed by atoms with Crippen molar-refractivity contribution < 1.29 is 0 Å². The monoisotopic (exact) mass is 585 g/mol. The highest BCUT2D eigenvalue weighted by Gasteiger charge is 2.18. The lowest BCUT2D eigenvalue weighted by atomic mass is 9.81. The van der Waals surface area contributed by atoms with Crippen molar-refractivity contribution in [2.45, 2.75) is 44.9 Å². The Labute approximate surface area is 270 Å². The van der Waals surface area contributed by atoms with Crippen LogP contribution in [-0.4, -0.2) is 5.71 Å². The molecule has 0 fully saturated rings. The molecule has 1 aliphatic carbocycles. The molecule has 1 unspecified atom stereocenters. The molecule has 0 N–H and O–H groups in total. The summed E-state index contributed by atoms with van der Waals surface area (Å²) in [7, 11) is 0. The predicted octanol–water partition coefficient (Wildman–Crippen LogP) is 12.2. The summed E-state index contributed by atoms with van der Waals surface area (Å²) in [4.78, 5) is 4.83. The second-order valence-electron chi connectivity index (χ2n) is 11.4. The Morgan fingerprint density at radius 2 is 1.58 bits per heavy atom. The average molecular weight is 586 g/mol. The molecule has 0 bridgehead atoms. The van der Waals surface area contributed by atoms with E-state index in [9.17, 15) is 0 Å². The Bertz CT molecular complexity index is 1720. The van der Waals surface area contributed by atoms with Crippen molar-refractivity contribution >= 4 is 16.9 Å². The zero-order valence-corrected chi connectivity index (χ0v) is 26.4. The topological polar surface area (TPSA) is 12.4 Å². The van der Waals surface area contributed by atoms with Crippen LogP contribution in [0.3, 0.4) is 0 Å². The molecule has 3 aromatic rings. The van der Waals surface area contributed by atoms with Gasteiger partial charge in [0, 0.05) is 24.3 Å². The molecule has 5 rings (SSSR count). The number of benzene rings is 3.